The second-order valence-corrected chi connectivity index (χ2v) is 7.20. The number of aromatic nitrogens is 3. The highest BCUT2D eigenvalue weighted by Gasteiger charge is 2.21. The molecule has 22 heavy (non-hydrogen) atoms. The molecule has 1 atom stereocenters. The fraction of sp³-hybridized carbons (Fsp3) is 0.333. The van der Waals surface area contributed by atoms with Gasteiger partial charge < -0.3 is 0 Å². The molecule has 1 unspecified atom stereocenters. The van der Waals surface area contributed by atoms with E-state index in [1.807, 2.05) is 0 Å². The molecule has 4 heteroatoms. The van der Waals surface area contributed by atoms with Crippen molar-refractivity contribution in [3.8, 4) is 11.1 Å². The fourth-order valence-corrected chi connectivity index (χ4v) is 3.69. The molecule has 0 saturated carbocycles. The molecule has 0 radical (unpaired) electrons. The molecule has 1 aliphatic rings. The fourth-order valence-electron chi connectivity index (χ4n) is 3.42. The van der Waals surface area contributed by atoms with Gasteiger partial charge in [-0.3, -0.25) is 0 Å². The van der Waals surface area contributed by atoms with Crippen LogP contribution in [-0.2, 0) is 12.8 Å². The summed E-state index contributed by atoms with van der Waals surface area (Å²) in [4.78, 5) is 4.74. The van der Waals surface area contributed by atoms with Gasteiger partial charge in [0.2, 0.25) is 0 Å². The van der Waals surface area contributed by atoms with Gasteiger partial charge in [-0.2, -0.15) is 5.10 Å². The van der Waals surface area contributed by atoms with Gasteiger partial charge in [0.05, 0.1) is 5.69 Å². The zero-order valence-electron chi connectivity index (χ0n) is 12.8. The highest BCUT2D eigenvalue weighted by Crippen LogP contribution is 2.31. The van der Waals surface area contributed by atoms with E-state index in [0.29, 0.717) is 0 Å². The molecule has 1 aromatic carbocycles. The maximum Gasteiger partial charge on any atom is 0.163 e. The summed E-state index contributed by atoms with van der Waals surface area (Å²) in [6, 6.07) is 8.38. The van der Waals surface area contributed by atoms with Crippen LogP contribution in [0.1, 0.15) is 30.3 Å². The third kappa shape index (κ3) is 2.17. The Morgan fingerprint density at radius 3 is 2.77 bits per heavy atom. The Labute approximate surface area is 138 Å². The molecule has 0 bridgehead atoms. The smallest absolute Gasteiger partial charge is 0.163 e. The molecule has 2 heterocycles. The SMILES string of the molecule is Cc1nn2c3c(cnc2c1-c1ccc(Br)cc1)CC(C)CC3. The van der Waals surface area contributed by atoms with Crippen LogP contribution in [0, 0.1) is 12.8 Å². The summed E-state index contributed by atoms with van der Waals surface area (Å²) >= 11 is 3.50. The van der Waals surface area contributed by atoms with Gasteiger partial charge >= 0.3 is 0 Å². The zero-order chi connectivity index (χ0) is 15.3. The van der Waals surface area contributed by atoms with Crippen LogP contribution in [0.3, 0.4) is 0 Å². The van der Waals surface area contributed by atoms with Gasteiger partial charge in [-0.1, -0.05) is 35.0 Å². The monoisotopic (exact) mass is 355 g/mol. The van der Waals surface area contributed by atoms with Gasteiger partial charge in [0.1, 0.15) is 0 Å². The summed E-state index contributed by atoms with van der Waals surface area (Å²) in [5, 5.41) is 4.79. The molecule has 2 aromatic heterocycles. The van der Waals surface area contributed by atoms with Crippen molar-refractivity contribution in [1.82, 2.24) is 14.6 Å². The van der Waals surface area contributed by atoms with Crippen LogP contribution in [0.25, 0.3) is 16.8 Å². The molecule has 1 aliphatic carbocycles. The predicted octanol–water partition coefficient (Wildman–Crippen LogP) is 4.59. The van der Waals surface area contributed by atoms with E-state index in [-0.39, 0.29) is 0 Å². The largest absolute Gasteiger partial charge is 0.236 e. The minimum Gasteiger partial charge on any atom is -0.236 e. The molecule has 4 rings (SSSR count). The highest BCUT2D eigenvalue weighted by atomic mass is 79.9. The summed E-state index contributed by atoms with van der Waals surface area (Å²) in [5.41, 5.74) is 7.04. The first-order valence-electron chi connectivity index (χ1n) is 7.75. The van der Waals surface area contributed by atoms with Crippen LogP contribution < -0.4 is 0 Å². The molecule has 0 fully saturated rings. The molecule has 0 N–H and O–H groups in total. The van der Waals surface area contributed by atoms with Crippen molar-refractivity contribution >= 4 is 21.6 Å². The van der Waals surface area contributed by atoms with Crippen molar-refractivity contribution in [2.24, 2.45) is 5.92 Å². The third-order valence-corrected chi connectivity index (χ3v) is 5.11. The molecular weight excluding hydrogens is 338 g/mol. The Kier molecular flexibility index (Phi) is 3.30. The lowest BCUT2D eigenvalue weighted by atomic mass is 9.89. The summed E-state index contributed by atoms with van der Waals surface area (Å²) < 4.78 is 3.16. The van der Waals surface area contributed by atoms with Crippen molar-refractivity contribution in [3.63, 3.8) is 0 Å². The van der Waals surface area contributed by atoms with E-state index in [1.165, 1.54) is 23.2 Å². The summed E-state index contributed by atoms with van der Waals surface area (Å²) in [7, 11) is 0. The molecule has 0 amide bonds. The first-order valence-corrected chi connectivity index (χ1v) is 8.55. The van der Waals surface area contributed by atoms with Gasteiger partial charge in [-0.15, -0.1) is 0 Å². The highest BCUT2D eigenvalue weighted by molar-refractivity contribution is 9.10. The Balaban J connectivity index is 1.94. The predicted molar refractivity (Wildman–Crippen MR) is 92.0 cm³/mol. The van der Waals surface area contributed by atoms with Crippen LogP contribution in [0.4, 0.5) is 0 Å². The van der Waals surface area contributed by atoms with Gasteiger partial charge in [-0.25, -0.2) is 9.50 Å². The van der Waals surface area contributed by atoms with Gasteiger partial charge in [0.15, 0.2) is 5.65 Å². The third-order valence-electron chi connectivity index (χ3n) is 4.58. The van der Waals surface area contributed by atoms with E-state index < -0.39 is 0 Å². The van der Waals surface area contributed by atoms with E-state index in [9.17, 15) is 0 Å². The number of benzene rings is 1. The number of hydrogen-bond acceptors (Lipinski definition) is 2. The maximum absolute atomic E-state index is 4.79. The average molecular weight is 356 g/mol. The maximum atomic E-state index is 4.79. The number of aryl methyl sites for hydroxylation is 2. The zero-order valence-corrected chi connectivity index (χ0v) is 14.4. The summed E-state index contributed by atoms with van der Waals surface area (Å²) in [6.07, 6.45) is 5.50. The number of hydrogen-bond donors (Lipinski definition) is 0. The van der Waals surface area contributed by atoms with Crippen LogP contribution in [0.5, 0.6) is 0 Å². The molecular formula is C18H18BrN3. The first kappa shape index (κ1) is 13.9. The van der Waals surface area contributed by atoms with Gasteiger partial charge in [-0.05, 0) is 55.4 Å². The van der Waals surface area contributed by atoms with Crippen LogP contribution in [0.2, 0.25) is 0 Å². The topological polar surface area (TPSA) is 30.2 Å². The lowest BCUT2D eigenvalue weighted by molar-refractivity contribution is 0.485. The molecule has 112 valence electrons. The first-order chi connectivity index (χ1) is 10.6. The molecule has 0 saturated heterocycles. The van der Waals surface area contributed by atoms with E-state index in [4.69, 9.17) is 10.1 Å². The van der Waals surface area contributed by atoms with Crippen LogP contribution >= 0.6 is 15.9 Å². The normalized spacial score (nSPS) is 17.7. The second-order valence-electron chi connectivity index (χ2n) is 6.28. The van der Waals surface area contributed by atoms with Gasteiger partial charge in [0.25, 0.3) is 0 Å². The second kappa shape index (κ2) is 5.20. The number of nitrogens with zero attached hydrogens (tertiary/aromatic N) is 3. The van der Waals surface area contributed by atoms with E-state index in [2.05, 4.69) is 64.8 Å². The van der Waals surface area contributed by atoms with Crippen molar-refractivity contribution in [2.75, 3.05) is 0 Å². The van der Waals surface area contributed by atoms with E-state index in [0.717, 1.165) is 40.1 Å². The number of fused-ring (bicyclic) bond motifs is 3. The molecule has 0 aliphatic heterocycles. The minimum atomic E-state index is 0.745. The van der Waals surface area contributed by atoms with E-state index in [1.54, 1.807) is 0 Å². The Bertz CT molecular complexity index is 849. The standard InChI is InChI=1S/C18H18BrN3/c1-11-3-8-16-14(9-11)10-20-18-17(12(2)21-22(16)18)13-4-6-15(19)7-5-13/h4-7,10-11H,3,8-9H2,1-2H3. The summed E-state index contributed by atoms with van der Waals surface area (Å²) in [5.74, 6) is 0.745. The van der Waals surface area contributed by atoms with Crippen molar-refractivity contribution in [1.29, 1.82) is 0 Å². The molecule has 3 aromatic rings. The minimum absolute atomic E-state index is 0.745. The van der Waals surface area contributed by atoms with E-state index >= 15 is 0 Å². The van der Waals surface area contributed by atoms with Crippen LogP contribution in [-0.4, -0.2) is 14.6 Å². The Morgan fingerprint density at radius 2 is 2.00 bits per heavy atom. The van der Waals surface area contributed by atoms with Crippen molar-refractivity contribution in [3.05, 3.63) is 51.9 Å². The van der Waals surface area contributed by atoms with Crippen molar-refractivity contribution in [2.45, 2.75) is 33.1 Å². The number of rotatable bonds is 1. The molecule has 3 nitrogen and oxygen atoms in total. The number of halogens is 1. The average Bonchev–Trinajstić information content (AvgIpc) is 2.84. The quantitative estimate of drug-likeness (QED) is 0.638. The Morgan fingerprint density at radius 1 is 1.23 bits per heavy atom. The summed E-state index contributed by atoms with van der Waals surface area (Å²) in [6.45, 7) is 4.39. The van der Waals surface area contributed by atoms with Gasteiger partial charge in [0, 0.05) is 21.9 Å². The Hall–Kier alpha value is -1.68. The van der Waals surface area contributed by atoms with Crippen LogP contribution in [0.15, 0.2) is 34.9 Å². The molecule has 0 spiro atoms. The van der Waals surface area contributed by atoms with Crippen molar-refractivity contribution < 1.29 is 0 Å². The lowest BCUT2D eigenvalue weighted by Gasteiger charge is -2.21. The lowest BCUT2D eigenvalue weighted by Crippen LogP contribution is -2.16.